The molecule has 1 saturated carbocycles. The van der Waals surface area contributed by atoms with Crippen molar-refractivity contribution in [1.82, 2.24) is 10.2 Å². The number of morpholine rings is 1. The first-order valence-corrected chi connectivity index (χ1v) is 9.42. The molecular weight excluding hydrogens is 415 g/mol. The lowest BCUT2D eigenvalue weighted by molar-refractivity contribution is 0.0376. The molecular formula is C18H37IN4O. The third-order valence-corrected chi connectivity index (χ3v) is 5.43. The van der Waals surface area contributed by atoms with Crippen LogP contribution in [0.4, 0.5) is 0 Å². The molecule has 0 aromatic carbocycles. The minimum atomic E-state index is 0. The highest BCUT2D eigenvalue weighted by atomic mass is 127. The summed E-state index contributed by atoms with van der Waals surface area (Å²) in [6.45, 7) is 11.4. The molecule has 0 spiro atoms. The van der Waals surface area contributed by atoms with Crippen molar-refractivity contribution in [2.45, 2.75) is 52.4 Å². The van der Waals surface area contributed by atoms with Gasteiger partial charge >= 0.3 is 0 Å². The second-order valence-electron chi connectivity index (χ2n) is 7.76. The highest BCUT2D eigenvalue weighted by molar-refractivity contribution is 14.0. The number of nitrogens with two attached hydrogens (primary N) is 1. The Morgan fingerprint density at radius 2 is 1.88 bits per heavy atom. The molecule has 0 unspecified atom stereocenters. The molecule has 2 aliphatic rings. The molecule has 24 heavy (non-hydrogen) atoms. The minimum absolute atomic E-state index is 0. The molecule has 1 saturated heterocycles. The van der Waals surface area contributed by atoms with E-state index in [9.17, 15) is 0 Å². The van der Waals surface area contributed by atoms with Gasteiger partial charge in [-0.25, -0.2) is 0 Å². The molecule has 0 atom stereocenters. The number of nitrogens with one attached hydrogen (secondary N) is 1. The van der Waals surface area contributed by atoms with Crippen LogP contribution in [-0.4, -0.2) is 56.8 Å². The molecule has 0 bridgehead atoms. The fraction of sp³-hybridized carbons (Fsp3) is 0.944. The van der Waals surface area contributed by atoms with Gasteiger partial charge in [0.25, 0.3) is 0 Å². The number of nitrogens with zero attached hydrogens (tertiary/aromatic N) is 2. The molecule has 0 radical (unpaired) electrons. The van der Waals surface area contributed by atoms with E-state index in [-0.39, 0.29) is 29.4 Å². The first-order valence-electron chi connectivity index (χ1n) is 9.42. The number of hydrogen-bond acceptors (Lipinski definition) is 3. The standard InChI is InChI=1S/C18H36N4O.HI/c1-18(2,16-7-4-3-5-8-16)15-21-17(19)20-9-6-10-22-11-13-23-14-12-22;/h16H,3-15H2,1-2H3,(H3,19,20,21);1H. The second kappa shape index (κ2) is 11.5. The highest BCUT2D eigenvalue weighted by Gasteiger charge is 2.30. The van der Waals surface area contributed by atoms with E-state index >= 15 is 0 Å². The van der Waals surface area contributed by atoms with Gasteiger partial charge in [-0.3, -0.25) is 9.89 Å². The summed E-state index contributed by atoms with van der Waals surface area (Å²) in [6.07, 6.45) is 7.98. The number of hydrogen-bond donors (Lipinski definition) is 2. The second-order valence-corrected chi connectivity index (χ2v) is 7.76. The largest absolute Gasteiger partial charge is 0.379 e. The molecule has 2 fully saturated rings. The Balaban J connectivity index is 0.00000288. The van der Waals surface area contributed by atoms with Crippen molar-refractivity contribution in [3.05, 3.63) is 0 Å². The van der Waals surface area contributed by atoms with Crippen LogP contribution in [0.1, 0.15) is 52.4 Å². The monoisotopic (exact) mass is 452 g/mol. The van der Waals surface area contributed by atoms with Crippen LogP contribution < -0.4 is 11.1 Å². The first-order chi connectivity index (χ1) is 11.1. The molecule has 6 heteroatoms. The normalized spacial score (nSPS) is 21.3. The molecule has 1 aliphatic heterocycles. The number of aliphatic imine (C=N–C) groups is 1. The van der Waals surface area contributed by atoms with Crippen LogP contribution in [0.5, 0.6) is 0 Å². The van der Waals surface area contributed by atoms with Crippen LogP contribution in [0.2, 0.25) is 0 Å². The Hall–Kier alpha value is -0.0800. The fourth-order valence-electron chi connectivity index (χ4n) is 3.70. The van der Waals surface area contributed by atoms with Crippen molar-refractivity contribution in [3.8, 4) is 0 Å². The van der Waals surface area contributed by atoms with Gasteiger partial charge < -0.3 is 15.8 Å². The molecule has 3 N–H and O–H groups in total. The van der Waals surface area contributed by atoms with Crippen molar-refractivity contribution in [3.63, 3.8) is 0 Å². The van der Waals surface area contributed by atoms with Gasteiger partial charge in [-0.05, 0) is 37.1 Å². The van der Waals surface area contributed by atoms with Gasteiger partial charge in [0, 0.05) is 26.2 Å². The number of halogens is 1. The maximum Gasteiger partial charge on any atom is 0.188 e. The highest BCUT2D eigenvalue weighted by Crippen LogP contribution is 2.38. The topological polar surface area (TPSA) is 62.9 Å². The van der Waals surface area contributed by atoms with E-state index in [0.29, 0.717) is 5.96 Å². The maximum absolute atomic E-state index is 6.03. The fourth-order valence-corrected chi connectivity index (χ4v) is 3.70. The van der Waals surface area contributed by atoms with Crippen molar-refractivity contribution < 1.29 is 4.74 Å². The van der Waals surface area contributed by atoms with Gasteiger partial charge in [-0.1, -0.05) is 33.1 Å². The third-order valence-electron chi connectivity index (χ3n) is 5.43. The Morgan fingerprint density at radius 1 is 1.21 bits per heavy atom. The average Bonchev–Trinajstić information content (AvgIpc) is 2.59. The summed E-state index contributed by atoms with van der Waals surface area (Å²) in [5.74, 6) is 1.41. The summed E-state index contributed by atoms with van der Waals surface area (Å²) < 4.78 is 5.36. The molecule has 2 rings (SSSR count). The Bertz CT molecular complexity index is 364. The van der Waals surface area contributed by atoms with Crippen LogP contribution in [0.3, 0.4) is 0 Å². The van der Waals surface area contributed by atoms with Crippen LogP contribution in [0.25, 0.3) is 0 Å². The molecule has 142 valence electrons. The van der Waals surface area contributed by atoms with E-state index in [1.807, 2.05) is 0 Å². The van der Waals surface area contributed by atoms with Crippen molar-refractivity contribution in [2.75, 3.05) is 45.9 Å². The van der Waals surface area contributed by atoms with Gasteiger partial charge in [0.2, 0.25) is 0 Å². The quantitative estimate of drug-likeness (QED) is 0.270. The molecule has 0 aromatic heterocycles. The van der Waals surface area contributed by atoms with Gasteiger partial charge in [0.05, 0.1) is 13.2 Å². The zero-order valence-corrected chi connectivity index (χ0v) is 17.9. The lowest BCUT2D eigenvalue weighted by Gasteiger charge is -2.36. The lowest BCUT2D eigenvalue weighted by atomic mass is 9.71. The smallest absolute Gasteiger partial charge is 0.188 e. The zero-order valence-electron chi connectivity index (χ0n) is 15.6. The summed E-state index contributed by atoms with van der Waals surface area (Å²) in [6, 6.07) is 0. The molecule has 1 aliphatic carbocycles. The summed E-state index contributed by atoms with van der Waals surface area (Å²) in [5.41, 5.74) is 6.30. The van der Waals surface area contributed by atoms with E-state index in [2.05, 4.69) is 29.1 Å². The van der Waals surface area contributed by atoms with E-state index in [4.69, 9.17) is 10.5 Å². The third kappa shape index (κ3) is 7.87. The van der Waals surface area contributed by atoms with E-state index in [0.717, 1.165) is 58.3 Å². The van der Waals surface area contributed by atoms with Gasteiger partial charge in [0.15, 0.2) is 5.96 Å². The Labute approximate surface area is 165 Å². The maximum atomic E-state index is 6.03. The first kappa shape index (κ1) is 22.0. The summed E-state index contributed by atoms with van der Waals surface area (Å²) in [7, 11) is 0. The van der Waals surface area contributed by atoms with E-state index in [1.54, 1.807) is 0 Å². The van der Waals surface area contributed by atoms with E-state index < -0.39 is 0 Å². The average molecular weight is 452 g/mol. The minimum Gasteiger partial charge on any atom is -0.379 e. The Morgan fingerprint density at radius 3 is 2.54 bits per heavy atom. The summed E-state index contributed by atoms with van der Waals surface area (Å²) in [4.78, 5) is 7.05. The number of rotatable bonds is 7. The zero-order chi connectivity index (χ0) is 16.5. The molecule has 5 nitrogen and oxygen atoms in total. The van der Waals surface area contributed by atoms with Crippen molar-refractivity contribution >= 4 is 29.9 Å². The lowest BCUT2D eigenvalue weighted by Crippen LogP contribution is -2.39. The molecule has 0 aromatic rings. The predicted octanol–water partition coefficient (Wildman–Crippen LogP) is 2.84. The van der Waals surface area contributed by atoms with Crippen molar-refractivity contribution in [1.29, 1.82) is 0 Å². The van der Waals surface area contributed by atoms with Gasteiger partial charge in [0.1, 0.15) is 0 Å². The number of ether oxygens (including phenoxy) is 1. The number of guanidine groups is 1. The van der Waals surface area contributed by atoms with Crippen molar-refractivity contribution in [2.24, 2.45) is 22.1 Å². The molecule has 1 heterocycles. The van der Waals surface area contributed by atoms with Crippen LogP contribution >= 0.6 is 24.0 Å². The van der Waals surface area contributed by atoms with Crippen LogP contribution in [-0.2, 0) is 4.74 Å². The summed E-state index contributed by atoms with van der Waals surface area (Å²) >= 11 is 0. The van der Waals surface area contributed by atoms with Crippen LogP contribution in [0.15, 0.2) is 4.99 Å². The Kier molecular flexibility index (Phi) is 10.5. The predicted molar refractivity (Wildman–Crippen MR) is 112 cm³/mol. The molecule has 0 amide bonds. The van der Waals surface area contributed by atoms with Gasteiger partial charge in [-0.2, -0.15) is 0 Å². The summed E-state index contributed by atoms with van der Waals surface area (Å²) in [5, 5.41) is 3.27. The van der Waals surface area contributed by atoms with Gasteiger partial charge in [-0.15, -0.1) is 24.0 Å². The SMILES string of the molecule is CC(C)(CN=C(N)NCCCN1CCOCC1)C1CCCCC1.I. The van der Waals surface area contributed by atoms with Crippen LogP contribution in [0, 0.1) is 11.3 Å². The van der Waals surface area contributed by atoms with E-state index in [1.165, 1.54) is 32.1 Å².